The molecular weight excluding hydrogens is 176 g/mol. The van der Waals surface area contributed by atoms with Crippen molar-refractivity contribution >= 4 is 10.8 Å². The second-order valence-electron chi connectivity index (χ2n) is 3.38. The first-order valence-corrected chi connectivity index (χ1v) is 4.55. The quantitative estimate of drug-likeness (QED) is 0.721. The molecule has 2 aromatic carbocycles. The van der Waals surface area contributed by atoms with Gasteiger partial charge in [0.25, 0.3) is 0 Å². The number of hydrogen-bond acceptors (Lipinski definition) is 2. The number of phenolic OH excluding ortho intramolecular Hbond substituents is 1. The molecule has 2 N–H and O–H groups in total. The lowest BCUT2D eigenvalue weighted by atomic mass is 10.00. The Labute approximate surface area is 82.4 Å². The van der Waals surface area contributed by atoms with E-state index in [0.717, 1.165) is 21.9 Å². The van der Waals surface area contributed by atoms with E-state index in [-0.39, 0.29) is 12.4 Å². The van der Waals surface area contributed by atoms with Crippen LogP contribution in [0.2, 0.25) is 0 Å². The first-order valence-electron chi connectivity index (χ1n) is 4.55. The van der Waals surface area contributed by atoms with Crippen LogP contribution in [-0.2, 0) is 6.61 Å². The summed E-state index contributed by atoms with van der Waals surface area (Å²) in [4.78, 5) is 0. The van der Waals surface area contributed by atoms with Crippen LogP contribution in [0.4, 0.5) is 0 Å². The SMILES string of the molecule is Cc1c(CO)cc(O)c2ccccc12. The van der Waals surface area contributed by atoms with E-state index in [2.05, 4.69) is 0 Å². The lowest BCUT2D eigenvalue weighted by Gasteiger charge is -2.08. The molecule has 0 aromatic heterocycles. The molecule has 0 amide bonds. The number of rotatable bonds is 1. The number of fused-ring (bicyclic) bond motifs is 1. The van der Waals surface area contributed by atoms with Gasteiger partial charge in [-0.2, -0.15) is 0 Å². The van der Waals surface area contributed by atoms with Crippen LogP contribution < -0.4 is 0 Å². The number of phenols is 1. The summed E-state index contributed by atoms with van der Waals surface area (Å²) < 4.78 is 0. The zero-order valence-corrected chi connectivity index (χ0v) is 7.99. The highest BCUT2D eigenvalue weighted by Crippen LogP contribution is 2.29. The summed E-state index contributed by atoms with van der Waals surface area (Å²) in [5.74, 6) is 0.232. The van der Waals surface area contributed by atoms with Crippen molar-refractivity contribution < 1.29 is 10.2 Å². The third kappa shape index (κ3) is 1.24. The second-order valence-corrected chi connectivity index (χ2v) is 3.38. The molecule has 2 rings (SSSR count). The Kier molecular flexibility index (Phi) is 2.14. The first-order chi connectivity index (χ1) is 6.74. The van der Waals surface area contributed by atoms with Gasteiger partial charge in [0.1, 0.15) is 5.75 Å². The molecule has 72 valence electrons. The second kappa shape index (κ2) is 3.31. The summed E-state index contributed by atoms with van der Waals surface area (Å²) in [5, 5.41) is 20.6. The van der Waals surface area contributed by atoms with Gasteiger partial charge >= 0.3 is 0 Å². The molecule has 0 spiro atoms. The van der Waals surface area contributed by atoms with Crippen LogP contribution in [-0.4, -0.2) is 10.2 Å². The van der Waals surface area contributed by atoms with Gasteiger partial charge in [0.05, 0.1) is 6.61 Å². The Morgan fingerprint density at radius 3 is 2.43 bits per heavy atom. The molecule has 0 heterocycles. The predicted octanol–water partition coefficient (Wildman–Crippen LogP) is 2.35. The van der Waals surface area contributed by atoms with Crippen LogP contribution in [0, 0.1) is 6.92 Å². The Morgan fingerprint density at radius 2 is 1.79 bits per heavy atom. The first kappa shape index (κ1) is 9.03. The Bertz CT molecular complexity index is 475. The largest absolute Gasteiger partial charge is 0.507 e. The van der Waals surface area contributed by atoms with E-state index in [4.69, 9.17) is 5.11 Å². The number of benzene rings is 2. The fourth-order valence-electron chi connectivity index (χ4n) is 1.72. The summed E-state index contributed by atoms with van der Waals surface area (Å²) in [5.41, 5.74) is 1.81. The van der Waals surface area contributed by atoms with Gasteiger partial charge < -0.3 is 10.2 Å². The number of hydrogen-bond donors (Lipinski definition) is 2. The summed E-state index contributed by atoms with van der Waals surface area (Å²) in [7, 11) is 0. The maximum atomic E-state index is 9.70. The van der Waals surface area contributed by atoms with Crippen LogP contribution in [0.25, 0.3) is 10.8 Å². The van der Waals surface area contributed by atoms with Crippen LogP contribution in [0.3, 0.4) is 0 Å². The number of aryl methyl sites for hydroxylation is 1. The van der Waals surface area contributed by atoms with Gasteiger partial charge in [0.15, 0.2) is 0 Å². The van der Waals surface area contributed by atoms with Crippen molar-refractivity contribution in [2.75, 3.05) is 0 Å². The van der Waals surface area contributed by atoms with Gasteiger partial charge in [-0.05, 0) is 29.5 Å². The molecule has 0 radical (unpaired) electrons. The molecule has 0 atom stereocenters. The predicted molar refractivity (Wildman–Crippen MR) is 56.3 cm³/mol. The molecule has 0 aliphatic carbocycles. The lowest BCUT2D eigenvalue weighted by Crippen LogP contribution is -1.90. The molecular formula is C12H12O2. The van der Waals surface area contributed by atoms with E-state index in [1.165, 1.54) is 0 Å². The summed E-state index contributed by atoms with van der Waals surface area (Å²) in [6.07, 6.45) is 0. The standard InChI is InChI=1S/C12H12O2/c1-8-9(7-13)6-12(14)11-5-3-2-4-10(8)11/h2-6,13-14H,7H2,1H3. The summed E-state index contributed by atoms with van der Waals surface area (Å²) >= 11 is 0. The molecule has 0 unspecified atom stereocenters. The minimum absolute atomic E-state index is 0.0375. The zero-order valence-electron chi connectivity index (χ0n) is 7.99. The van der Waals surface area contributed by atoms with Crippen molar-refractivity contribution in [3.05, 3.63) is 41.5 Å². The molecule has 2 aromatic rings. The molecule has 0 aliphatic heterocycles. The number of aliphatic hydroxyl groups excluding tert-OH is 1. The van der Waals surface area contributed by atoms with Crippen molar-refractivity contribution in [2.24, 2.45) is 0 Å². The minimum atomic E-state index is -0.0375. The average Bonchev–Trinajstić information content (AvgIpc) is 2.23. The van der Waals surface area contributed by atoms with Gasteiger partial charge in [-0.3, -0.25) is 0 Å². The third-order valence-corrected chi connectivity index (χ3v) is 2.57. The minimum Gasteiger partial charge on any atom is -0.507 e. The van der Waals surface area contributed by atoms with E-state index >= 15 is 0 Å². The van der Waals surface area contributed by atoms with E-state index in [0.29, 0.717) is 0 Å². The van der Waals surface area contributed by atoms with Crippen molar-refractivity contribution in [2.45, 2.75) is 13.5 Å². The molecule has 0 bridgehead atoms. The van der Waals surface area contributed by atoms with Crippen molar-refractivity contribution in [1.82, 2.24) is 0 Å². The summed E-state index contributed by atoms with van der Waals surface area (Å²) in [6.45, 7) is 1.91. The molecule has 14 heavy (non-hydrogen) atoms. The van der Waals surface area contributed by atoms with Crippen molar-refractivity contribution in [3.63, 3.8) is 0 Å². The average molecular weight is 188 g/mol. The maximum absolute atomic E-state index is 9.70. The van der Waals surface area contributed by atoms with E-state index in [1.807, 2.05) is 31.2 Å². The highest BCUT2D eigenvalue weighted by atomic mass is 16.3. The maximum Gasteiger partial charge on any atom is 0.123 e. The van der Waals surface area contributed by atoms with Crippen LogP contribution in [0.1, 0.15) is 11.1 Å². The van der Waals surface area contributed by atoms with Crippen LogP contribution >= 0.6 is 0 Å². The fraction of sp³-hybridized carbons (Fsp3) is 0.167. The Morgan fingerprint density at radius 1 is 1.14 bits per heavy atom. The smallest absolute Gasteiger partial charge is 0.123 e. The lowest BCUT2D eigenvalue weighted by molar-refractivity contribution is 0.280. The van der Waals surface area contributed by atoms with Gasteiger partial charge in [-0.15, -0.1) is 0 Å². The van der Waals surface area contributed by atoms with Gasteiger partial charge in [0.2, 0.25) is 0 Å². The topological polar surface area (TPSA) is 40.5 Å². The number of aliphatic hydroxyl groups is 1. The molecule has 2 nitrogen and oxygen atoms in total. The van der Waals surface area contributed by atoms with Gasteiger partial charge in [-0.25, -0.2) is 0 Å². The van der Waals surface area contributed by atoms with E-state index < -0.39 is 0 Å². The third-order valence-electron chi connectivity index (χ3n) is 2.57. The molecule has 0 aliphatic rings. The highest BCUT2D eigenvalue weighted by Gasteiger charge is 2.06. The number of aromatic hydroxyl groups is 1. The molecule has 0 saturated heterocycles. The summed E-state index contributed by atoms with van der Waals surface area (Å²) in [6, 6.07) is 9.26. The Balaban J connectivity index is 2.87. The van der Waals surface area contributed by atoms with Gasteiger partial charge in [0, 0.05) is 5.39 Å². The van der Waals surface area contributed by atoms with Crippen LogP contribution in [0.5, 0.6) is 5.75 Å². The fourth-order valence-corrected chi connectivity index (χ4v) is 1.72. The van der Waals surface area contributed by atoms with Crippen molar-refractivity contribution in [3.8, 4) is 5.75 Å². The normalized spacial score (nSPS) is 10.7. The Hall–Kier alpha value is -1.54. The zero-order chi connectivity index (χ0) is 10.1. The highest BCUT2D eigenvalue weighted by molar-refractivity contribution is 5.91. The monoisotopic (exact) mass is 188 g/mol. The molecule has 2 heteroatoms. The van der Waals surface area contributed by atoms with Crippen LogP contribution in [0.15, 0.2) is 30.3 Å². The van der Waals surface area contributed by atoms with Gasteiger partial charge in [-0.1, -0.05) is 24.3 Å². The van der Waals surface area contributed by atoms with Crippen molar-refractivity contribution in [1.29, 1.82) is 0 Å². The van der Waals surface area contributed by atoms with E-state index in [9.17, 15) is 5.11 Å². The molecule has 0 fully saturated rings. The van der Waals surface area contributed by atoms with E-state index in [1.54, 1.807) is 6.07 Å². The molecule has 0 saturated carbocycles.